The standard InChI is InChI=1S/C16H16BrCl2NO/c1-10-6-13(17)8-12(4-5-20)16(10)21-9-11-2-3-14(18)15(19)7-11/h2-3,6-8H,4-5,9,20H2,1H3. The molecular weight excluding hydrogens is 373 g/mol. The van der Waals surface area contributed by atoms with Gasteiger partial charge in [0, 0.05) is 4.47 Å². The van der Waals surface area contributed by atoms with Crippen molar-refractivity contribution in [3.8, 4) is 5.75 Å². The Morgan fingerprint density at radius 3 is 2.57 bits per heavy atom. The lowest BCUT2D eigenvalue weighted by Gasteiger charge is -2.15. The van der Waals surface area contributed by atoms with Crippen LogP contribution in [-0.2, 0) is 13.0 Å². The molecule has 112 valence electrons. The normalized spacial score (nSPS) is 10.7. The predicted molar refractivity (Wildman–Crippen MR) is 92.4 cm³/mol. The van der Waals surface area contributed by atoms with Gasteiger partial charge in [0.15, 0.2) is 0 Å². The molecular formula is C16H16BrCl2NO. The molecule has 21 heavy (non-hydrogen) atoms. The first-order valence-electron chi connectivity index (χ1n) is 6.57. The van der Waals surface area contributed by atoms with Gasteiger partial charge < -0.3 is 10.5 Å². The van der Waals surface area contributed by atoms with Gasteiger partial charge in [-0.15, -0.1) is 0 Å². The lowest BCUT2D eigenvalue weighted by Crippen LogP contribution is -2.07. The molecule has 0 aliphatic rings. The third-order valence-corrected chi connectivity index (χ3v) is 4.29. The van der Waals surface area contributed by atoms with Crippen LogP contribution in [0.5, 0.6) is 5.75 Å². The van der Waals surface area contributed by atoms with Crippen molar-refractivity contribution in [1.29, 1.82) is 0 Å². The molecule has 2 aromatic rings. The molecule has 2 rings (SSSR count). The largest absolute Gasteiger partial charge is 0.488 e. The van der Waals surface area contributed by atoms with Crippen molar-refractivity contribution in [2.24, 2.45) is 5.73 Å². The van der Waals surface area contributed by atoms with Gasteiger partial charge in [-0.2, -0.15) is 0 Å². The van der Waals surface area contributed by atoms with Crippen LogP contribution in [-0.4, -0.2) is 6.54 Å². The average Bonchev–Trinajstić information content (AvgIpc) is 2.42. The zero-order valence-electron chi connectivity index (χ0n) is 11.6. The molecule has 5 heteroatoms. The Labute approximate surface area is 143 Å². The minimum Gasteiger partial charge on any atom is -0.488 e. The SMILES string of the molecule is Cc1cc(Br)cc(CCN)c1OCc1ccc(Cl)c(Cl)c1. The number of aryl methyl sites for hydroxylation is 1. The van der Waals surface area contributed by atoms with Gasteiger partial charge in [0.05, 0.1) is 10.0 Å². The van der Waals surface area contributed by atoms with E-state index in [1.807, 2.05) is 31.2 Å². The Morgan fingerprint density at radius 1 is 1.14 bits per heavy atom. The third-order valence-electron chi connectivity index (χ3n) is 3.10. The van der Waals surface area contributed by atoms with Crippen LogP contribution in [0.25, 0.3) is 0 Å². The van der Waals surface area contributed by atoms with E-state index in [0.29, 0.717) is 23.2 Å². The Balaban J connectivity index is 2.20. The van der Waals surface area contributed by atoms with Crippen molar-refractivity contribution in [3.05, 3.63) is 61.5 Å². The minimum absolute atomic E-state index is 0.441. The van der Waals surface area contributed by atoms with E-state index in [4.69, 9.17) is 33.7 Å². The van der Waals surface area contributed by atoms with Crippen LogP contribution in [0.15, 0.2) is 34.8 Å². The maximum Gasteiger partial charge on any atom is 0.126 e. The molecule has 0 spiro atoms. The number of halogens is 3. The highest BCUT2D eigenvalue weighted by Gasteiger charge is 2.09. The maximum atomic E-state index is 6.02. The van der Waals surface area contributed by atoms with E-state index in [1.54, 1.807) is 6.07 Å². The zero-order valence-corrected chi connectivity index (χ0v) is 14.7. The summed E-state index contributed by atoms with van der Waals surface area (Å²) in [5.74, 6) is 0.884. The lowest BCUT2D eigenvalue weighted by molar-refractivity contribution is 0.301. The van der Waals surface area contributed by atoms with E-state index in [2.05, 4.69) is 15.9 Å². The molecule has 0 bridgehead atoms. The summed E-state index contributed by atoms with van der Waals surface area (Å²) in [7, 11) is 0. The summed E-state index contributed by atoms with van der Waals surface area (Å²) in [6, 6.07) is 9.58. The summed E-state index contributed by atoms with van der Waals surface area (Å²) in [6.45, 7) is 3.05. The molecule has 0 fully saturated rings. The van der Waals surface area contributed by atoms with Crippen molar-refractivity contribution in [1.82, 2.24) is 0 Å². The molecule has 0 aliphatic heterocycles. The van der Waals surface area contributed by atoms with Gasteiger partial charge in [-0.25, -0.2) is 0 Å². The van der Waals surface area contributed by atoms with E-state index in [-0.39, 0.29) is 0 Å². The monoisotopic (exact) mass is 387 g/mol. The van der Waals surface area contributed by atoms with Crippen molar-refractivity contribution in [3.63, 3.8) is 0 Å². The second kappa shape index (κ2) is 7.50. The Hall–Kier alpha value is -0.740. The average molecular weight is 389 g/mol. The number of hydrogen-bond donors (Lipinski definition) is 1. The number of benzene rings is 2. The number of hydrogen-bond acceptors (Lipinski definition) is 2. The number of ether oxygens (including phenoxy) is 1. The molecule has 0 aromatic heterocycles. The van der Waals surface area contributed by atoms with E-state index >= 15 is 0 Å². The summed E-state index contributed by atoms with van der Waals surface area (Å²) in [5, 5.41) is 1.08. The topological polar surface area (TPSA) is 35.2 Å². The van der Waals surface area contributed by atoms with Crippen LogP contribution in [0.2, 0.25) is 10.0 Å². The highest BCUT2D eigenvalue weighted by molar-refractivity contribution is 9.10. The van der Waals surface area contributed by atoms with Crippen molar-refractivity contribution in [2.45, 2.75) is 20.0 Å². The highest BCUT2D eigenvalue weighted by Crippen LogP contribution is 2.30. The molecule has 0 saturated heterocycles. The molecule has 0 atom stereocenters. The maximum absolute atomic E-state index is 6.02. The van der Waals surface area contributed by atoms with Crippen LogP contribution in [0.1, 0.15) is 16.7 Å². The number of nitrogens with two attached hydrogens (primary N) is 1. The van der Waals surface area contributed by atoms with Crippen LogP contribution in [0, 0.1) is 6.92 Å². The van der Waals surface area contributed by atoms with Crippen LogP contribution in [0.4, 0.5) is 0 Å². The van der Waals surface area contributed by atoms with E-state index < -0.39 is 0 Å². The molecule has 0 amide bonds. The second-order valence-corrected chi connectivity index (χ2v) is 6.52. The smallest absolute Gasteiger partial charge is 0.126 e. The fourth-order valence-electron chi connectivity index (χ4n) is 2.13. The van der Waals surface area contributed by atoms with E-state index in [0.717, 1.165) is 33.3 Å². The van der Waals surface area contributed by atoms with Crippen LogP contribution in [0.3, 0.4) is 0 Å². The van der Waals surface area contributed by atoms with Crippen molar-refractivity contribution in [2.75, 3.05) is 6.54 Å². The quantitative estimate of drug-likeness (QED) is 0.769. The van der Waals surface area contributed by atoms with E-state index in [1.165, 1.54) is 0 Å². The summed E-state index contributed by atoms with van der Waals surface area (Å²) >= 11 is 15.4. The molecule has 0 heterocycles. The molecule has 0 radical (unpaired) electrons. The van der Waals surface area contributed by atoms with E-state index in [9.17, 15) is 0 Å². The highest BCUT2D eigenvalue weighted by atomic mass is 79.9. The number of rotatable bonds is 5. The third kappa shape index (κ3) is 4.36. The Kier molecular flexibility index (Phi) is 5.94. The van der Waals surface area contributed by atoms with Gasteiger partial charge in [-0.1, -0.05) is 45.2 Å². The zero-order chi connectivity index (χ0) is 15.4. The van der Waals surface area contributed by atoms with Crippen molar-refractivity contribution < 1.29 is 4.74 Å². The molecule has 2 N–H and O–H groups in total. The van der Waals surface area contributed by atoms with Gasteiger partial charge in [-0.05, 0) is 60.8 Å². The second-order valence-electron chi connectivity index (χ2n) is 4.79. The Morgan fingerprint density at radius 2 is 1.90 bits per heavy atom. The molecule has 0 aliphatic carbocycles. The summed E-state index contributed by atoms with van der Waals surface area (Å²) in [6.07, 6.45) is 0.775. The predicted octanol–water partition coefficient (Wildman–Crippen LogP) is 5.14. The van der Waals surface area contributed by atoms with Crippen molar-refractivity contribution >= 4 is 39.1 Å². The van der Waals surface area contributed by atoms with Crippen LogP contribution < -0.4 is 10.5 Å². The summed E-state index contributed by atoms with van der Waals surface area (Å²) in [4.78, 5) is 0. The van der Waals surface area contributed by atoms with Gasteiger partial charge in [0.25, 0.3) is 0 Å². The van der Waals surface area contributed by atoms with Gasteiger partial charge >= 0.3 is 0 Å². The molecule has 2 aromatic carbocycles. The minimum atomic E-state index is 0.441. The van der Waals surface area contributed by atoms with Gasteiger partial charge in [0.1, 0.15) is 12.4 Å². The first kappa shape index (κ1) is 16.6. The molecule has 0 unspecified atom stereocenters. The summed E-state index contributed by atoms with van der Waals surface area (Å²) in [5.41, 5.74) is 8.83. The summed E-state index contributed by atoms with van der Waals surface area (Å²) < 4.78 is 7.01. The van der Waals surface area contributed by atoms with Crippen LogP contribution >= 0.6 is 39.1 Å². The Bertz CT molecular complexity index is 646. The fourth-order valence-corrected chi connectivity index (χ4v) is 3.07. The lowest BCUT2D eigenvalue weighted by atomic mass is 10.1. The first-order chi connectivity index (χ1) is 10.0. The molecule has 2 nitrogen and oxygen atoms in total. The first-order valence-corrected chi connectivity index (χ1v) is 8.12. The fraction of sp³-hybridized carbons (Fsp3) is 0.250. The van der Waals surface area contributed by atoms with Gasteiger partial charge in [0.2, 0.25) is 0 Å². The molecule has 0 saturated carbocycles. The van der Waals surface area contributed by atoms with Gasteiger partial charge in [-0.3, -0.25) is 0 Å².